The summed E-state index contributed by atoms with van der Waals surface area (Å²) in [7, 11) is 0. The summed E-state index contributed by atoms with van der Waals surface area (Å²) in [5.74, 6) is 1.91. The van der Waals surface area contributed by atoms with E-state index in [9.17, 15) is 0 Å². The summed E-state index contributed by atoms with van der Waals surface area (Å²) in [6, 6.07) is 8.00. The van der Waals surface area contributed by atoms with E-state index in [2.05, 4.69) is 34.4 Å². The highest BCUT2D eigenvalue weighted by molar-refractivity contribution is 5.89. The number of nitrogens with one attached hydrogen (secondary N) is 2. The molecule has 1 aromatic carbocycles. The molecule has 0 spiro atoms. The number of anilines is 2. The lowest BCUT2D eigenvalue weighted by atomic mass is 10.1. The molecule has 5 heteroatoms. The smallest absolute Gasteiger partial charge is 0.225 e. The zero-order chi connectivity index (χ0) is 15.1. The molecule has 21 heavy (non-hydrogen) atoms. The molecular weight excluding hydrogens is 264 g/mol. The second-order valence-electron chi connectivity index (χ2n) is 5.34. The predicted octanol–water partition coefficient (Wildman–Crippen LogP) is 2.88. The van der Waals surface area contributed by atoms with Gasteiger partial charge in [-0.05, 0) is 30.9 Å². The van der Waals surface area contributed by atoms with Crippen molar-refractivity contribution in [3.8, 4) is 0 Å². The highest BCUT2D eigenvalue weighted by Gasteiger charge is 2.08. The molecule has 0 radical (unpaired) electrons. The third kappa shape index (κ3) is 4.29. The molecule has 0 aliphatic carbocycles. The number of aliphatic hydroxyl groups excluding tert-OH is 1. The molecular formula is C16H24N4O. The number of hydrogen-bond acceptors (Lipinski definition) is 5. The first kappa shape index (κ1) is 15.5. The van der Waals surface area contributed by atoms with Crippen LogP contribution in [0.1, 0.15) is 26.7 Å². The van der Waals surface area contributed by atoms with Gasteiger partial charge in [-0.1, -0.05) is 26.0 Å². The van der Waals surface area contributed by atoms with Crippen molar-refractivity contribution in [2.45, 2.75) is 26.7 Å². The third-order valence-corrected chi connectivity index (χ3v) is 3.38. The van der Waals surface area contributed by atoms with Crippen LogP contribution in [0.25, 0.3) is 10.9 Å². The van der Waals surface area contributed by atoms with Gasteiger partial charge < -0.3 is 15.7 Å². The van der Waals surface area contributed by atoms with Crippen LogP contribution in [0.15, 0.2) is 24.3 Å². The first-order valence-corrected chi connectivity index (χ1v) is 7.60. The van der Waals surface area contributed by atoms with Crippen LogP contribution in [0.4, 0.5) is 11.8 Å². The van der Waals surface area contributed by atoms with E-state index in [-0.39, 0.29) is 6.61 Å². The van der Waals surface area contributed by atoms with Gasteiger partial charge in [-0.25, -0.2) is 4.98 Å². The fourth-order valence-corrected chi connectivity index (χ4v) is 2.12. The van der Waals surface area contributed by atoms with E-state index >= 15 is 0 Å². The molecule has 3 N–H and O–H groups in total. The van der Waals surface area contributed by atoms with Crippen LogP contribution in [0.5, 0.6) is 0 Å². The minimum Gasteiger partial charge on any atom is -0.396 e. The molecule has 1 aromatic heterocycles. The van der Waals surface area contributed by atoms with Gasteiger partial charge in [0.15, 0.2) is 0 Å². The summed E-state index contributed by atoms with van der Waals surface area (Å²) in [5, 5.41) is 16.6. The molecule has 1 heterocycles. The molecule has 2 aromatic rings. The van der Waals surface area contributed by atoms with Gasteiger partial charge in [0, 0.05) is 25.1 Å². The van der Waals surface area contributed by atoms with Crippen LogP contribution >= 0.6 is 0 Å². The van der Waals surface area contributed by atoms with Crippen molar-refractivity contribution in [2.75, 3.05) is 30.3 Å². The summed E-state index contributed by atoms with van der Waals surface area (Å²) in [5.41, 5.74) is 0.934. The van der Waals surface area contributed by atoms with Crippen molar-refractivity contribution in [2.24, 2.45) is 5.92 Å². The Balaban J connectivity index is 2.22. The molecule has 0 aliphatic rings. The normalized spacial score (nSPS) is 12.3. The van der Waals surface area contributed by atoms with Gasteiger partial charge in [0.25, 0.3) is 0 Å². The predicted molar refractivity (Wildman–Crippen MR) is 87.7 cm³/mol. The number of aliphatic hydroxyl groups is 1. The maximum absolute atomic E-state index is 8.98. The van der Waals surface area contributed by atoms with Gasteiger partial charge in [0.2, 0.25) is 5.95 Å². The SMILES string of the molecule is CCCNc1nc(NCC(C)CCO)c2ccccc2n1. The van der Waals surface area contributed by atoms with Crippen LogP contribution in [0.2, 0.25) is 0 Å². The van der Waals surface area contributed by atoms with Crippen molar-refractivity contribution in [1.29, 1.82) is 0 Å². The van der Waals surface area contributed by atoms with Crippen molar-refractivity contribution in [3.05, 3.63) is 24.3 Å². The maximum Gasteiger partial charge on any atom is 0.225 e. The summed E-state index contributed by atoms with van der Waals surface area (Å²) >= 11 is 0. The number of fused-ring (bicyclic) bond motifs is 1. The fourth-order valence-electron chi connectivity index (χ4n) is 2.12. The van der Waals surface area contributed by atoms with E-state index in [0.717, 1.165) is 42.7 Å². The Labute approximate surface area is 125 Å². The highest BCUT2D eigenvalue weighted by atomic mass is 16.3. The Hall–Kier alpha value is -1.88. The molecule has 0 fully saturated rings. The Morgan fingerprint density at radius 1 is 1.19 bits per heavy atom. The summed E-state index contributed by atoms with van der Waals surface area (Å²) < 4.78 is 0. The van der Waals surface area contributed by atoms with E-state index in [1.165, 1.54) is 0 Å². The third-order valence-electron chi connectivity index (χ3n) is 3.38. The number of hydrogen-bond donors (Lipinski definition) is 3. The molecule has 2 rings (SSSR count). The van der Waals surface area contributed by atoms with Crippen LogP contribution in [0.3, 0.4) is 0 Å². The highest BCUT2D eigenvalue weighted by Crippen LogP contribution is 2.22. The average Bonchev–Trinajstić information content (AvgIpc) is 2.51. The maximum atomic E-state index is 8.98. The molecule has 1 unspecified atom stereocenters. The second kappa shape index (κ2) is 7.78. The molecule has 0 saturated carbocycles. The summed E-state index contributed by atoms with van der Waals surface area (Å²) in [6.07, 6.45) is 1.82. The summed E-state index contributed by atoms with van der Waals surface area (Å²) in [4.78, 5) is 9.11. The Kier molecular flexibility index (Phi) is 5.75. The number of benzene rings is 1. The van der Waals surface area contributed by atoms with Gasteiger partial charge in [-0.3, -0.25) is 0 Å². The molecule has 1 atom stereocenters. The minimum atomic E-state index is 0.219. The Bertz CT molecular complexity index is 573. The Morgan fingerprint density at radius 3 is 2.76 bits per heavy atom. The van der Waals surface area contributed by atoms with Gasteiger partial charge in [-0.15, -0.1) is 0 Å². The topological polar surface area (TPSA) is 70.1 Å². The number of rotatable bonds is 8. The van der Waals surface area contributed by atoms with E-state index in [1.807, 2.05) is 24.3 Å². The van der Waals surface area contributed by atoms with Crippen molar-refractivity contribution in [1.82, 2.24) is 9.97 Å². The largest absolute Gasteiger partial charge is 0.396 e. The molecule has 0 aliphatic heterocycles. The summed E-state index contributed by atoms with van der Waals surface area (Å²) in [6.45, 7) is 6.09. The van der Waals surface area contributed by atoms with E-state index in [0.29, 0.717) is 11.9 Å². The average molecular weight is 288 g/mol. The molecule has 0 saturated heterocycles. The molecule has 5 nitrogen and oxygen atoms in total. The minimum absolute atomic E-state index is 0.219. The monoisotopic (exact) mass is 288 g/mol. The van der Waals surface area contributed by atoms with Crippen LogP contribution in [0, 0.1) is 5.92 Å². The number of nitrogens with zero attached hydrogens (tertiary/aromatic N) is 2. The van der Waals surface area contributed by atoms with Crippen molar-refractivity contribution >= 4 is 22.7 Å². The Morgan fingerprint density at radius 2 is 2.00 bits per heavy atom. The first-order valence-electron chi connectivity index (χ1n) is 7.60. The van der Waals surface area contributed by atoms with Crippen LogP contribution < -0.4 is 10.6 Å². The fraction of sp³-hybridized carbons (Fsp3) is 0.500. The van der Waals surface area contributed by atoms with Gasteiger partial charge >= 0.3 is 0 Å². The zero-order valence-corrected chi connectivity index (χ0v) is 12.8. The van der Waals surface area contributed by atoms with E-state index in [1.54, 1.807) is 0 Å². The molecule has 0 bridgehead atoms. The van der Waals surface area contributed by atoms with Gasteiger partial charge in [0.05, 0.1) is 5.52 Å². The van der Waals surface area contributed by atoms with Crippen LogP contribution in [-0.2, 0) is 0 Å². The quantitative estimate of drug-likeness (QED) is 0.697. The van der Waals surface area contributed by atoms with Crippen molar-refractivity contribution in [3.63, 3.8) is 0 Å². The zero-order valence-electron chi connectivity index (χ0n) is 12.8. The van der Waals surface area contributed by atoms with Crippen LogP contribution in [-0.4, -0.2) is 34.8 Å². The lowest BCUT2D eigenvalue weighted by molar-refractivity contribution is 0.266. The van der Waals surface area contributed by atoms with Gasteiger partial charge in [0.1, 0.15) is 5.82 Å². The number of para-hydroxylation sites is 1. The lowest BCUT2D eigenvalue weighted by Gasteiger charge is -2.14. The van der Waals surface area contributed by atoms with Crippen molar-refractivity contribution < 1.29 is 5.11 Å². The van der Waals surface area contributed by atoms with E-state index < -0.39 is 0 Å². The van der Waals surface area contributed by atoms with E-state index in [4.69, 9.17) is 5.11 Å². The van der Waals surface area contributed by atoms with Gasteiger partial charge in [-0.2, -0.15) is 4.98 Å². The lowest BCUT2D eigenvalue weighted by Crippen LogP contribution is -2.15. The number of aromatic nitrogens is 2. The second-order valence-corrected chi connectivity index (χ2v) is 5.34. The molecule has 114 valence electrons. The standard InChI is InChI=1S/C16H24N4O/c1-3-9-17-16-19-14-7-5-4-6-13(14)15(20-16)18-11-12(2)8-10-21/h4-7,12,21H,3,8-11H2,1-2H3,(H2,17,18,19,20). The first-order chi connectivity index (χ1) is 10.2. The molecule has 0 amide bonds.